The van der Waals surface area contributed by atoms with Crippen LogP contribution in [0.1, 0.15) is 49.4 Å². The zero-order chi connectivity index (χ0) is 22.2. The van der Waals surface area contributed by atoms with Crippen LogP contribution in [-0.4, -0.2) is 50.2 Å². The molecule has 2 atom stereocenters. The molecule has 0 radical (unpaired) electrons. The Morgan fingerprint density at radius 2 is 1.75 bits per heavy atom. The van der Waals surface area contributed by atoms with Crippen LogP contribution in [0, 0.1) is 0 Å². The van der Waals surface area contributed by atoms with Gasteiger partial charge in [-0.05, 0) is 69.4 Å². The lowest BCUT2D eigenvalue weighted by Gasteiger charge is -2.39. The number of rotatable bonds is 7. The van der Waals surface area contributed by atoms with Crippen LogP contribution in [0.5, 0.6) is 17.2 Å². The molecule has 0 aliphatic carbocycles. The van der Waals surface area contributed by atoms with Crippen molar-refractivity contribution in [2.75, 3.05) is 6.54 Å². The van der Waals surface area contributed by atoms with Gasteiger partial charge in [-0.15, -0.1) is 0 Å². The van der Waals surface area contributed by atoms with Crippen molar-refractivity contribution in [2.45, 2.75) is 63.8 Å². The van der Waals surface area contributed by atoms with Crippen LogP contribution in [0.2, 0.25) is 0 Å². The highest BCUT2D eigenvalue weighted by Crippen LogP contribution is 2.38. The molecule has 6 heteroatoms. The van der Waals surface area contributed by atoms with Crippen molar-refractivity contribution < 1.29 is 19.7 Å². The van der Waals surface area contributed by atoms with Gasteiger partial charge in [-0.2, -0.15) is 0 Å². The van der Waals surface area contributed by atoms with Crippen LogP contribution in [0.25, 0.3) is 10.9 Å². The van der Waals surface area contributed by atoms with Gasteiger partial charge in [0.25, 0.3) is 0 Å². The number of phenolic OH excluding ortho intramolecular Hbond substituents is 2. The number of piperidine rings is 1. The molecule has 2 fully saturated rings. The minimum absolute atomic E-state index is 0.0214. The number of hydrogen-bond donors (Lipinski definition) is 2. The van der Waals surface area contributed by atoms with Crippen LogP contribution in [0.3, 0.4) is 0 Å². The Morgan fingerprint density at radius 1 is 1.03 bits per heavy atom. The first kappa shape index (κ1) is 20.9. The second-order valence-electron chi connectivity index (χ2n) is 9.15. The summed E-state index contributed by atoms with van der Waals surface area (Å²) in [5, 5.41) is 20.7. The van der Waals surface area contributed by atoms with Gasteiger partial charge in [0.15, 0.2) is 5.78 Å². The molecule has 3 aromatic rings. The fraction of sp³-hybridized carbons (Fsp3) is 0.423. The number of benzene rings is 2. The minimum atomic E-state index is 0.0214. The number of para-hydroxylation sites is 1. The summed E-state index contributed by atoms with van der Waals surface area (Å²) >= 11 is 0. The summed E-state index contributed by atoms with van der Waals surface area (Å²) in [4.78, 5) is 14.7. The molecule has 2 N–H and O–H groups in total. The third-order valence-corrected chi connectivity index (χ3v) is 7.05. The topological polar surface area (TPSA) is 74.9 Å². The van der Waals surface area contributed by atoms with Gasteiger partial charge in [0.1, 0.15) is 23.4 Å². The molecule has 32 heavy (non-hydrogen) atoms. The number of ketones is 1. The van der Waals surface area contributed by atoms with E-state index in [1.807, 2.05) is 29.0 Å². The number of phenols is 2. The molecule has 6 nitrogen and oxygen atoms in total. The van der Waals surface area contributed by atoms with Crippen molar-refractivity contribution in [3.63, 3.8) is 0 Å². The summed E-state index contributed by atoms with van der Waals surface area (Å²) in [6.45, 7) is 3.35. The van der Waals surface area contributed by atoms with Gasteiger partial charge in [-0.1, -0.05) is 12.1 Å². The number of carbonyl (C=O) groups excluding carboxylic acids is 1. The molecule has 2 saturated heterocycles. The first-order valence-corrected chi connectivity index (χ1v) is 11.5. The maximum atomic E-state index is 12.1. The zero-order valence-electron chi connectivity index (χ0n) is 18.4. The third-order valence-electron chi connectivity index (χ3n) is 7.05. The second-order valence-corrected chi connectivity index (χ2v) is 9.15. The number of nitrogens with zero attached hydrogens (tertiary/aromatic N) is 2. The van der Waals surface area contributed by atoms with Crippen LogP contribution in [0.15, 0.2) is 48.7 Å². The minimum Gasteiger partial charge on any atom is -0.508 e. The lowest BCUT2D eigenvalue weighted by molar-refractivity contribution is 0.0481. The summed E-state index contributed by atoms with van der Waals surface area (Å²) < 4.78 is 8.23. The molecular formula is C26H30N2O4. The van der Waals surface area contributed by atoms with E-state index in [2.05, 4.69) is 4.90 Å². The Morgan fingerprint density at radius 3 is 2.44 bits per heavy atom. The van der Waals surface area contributed by atoms with E-state index in [-0.39, 0.29) is 23.4 Å². The SMILES string of the molecule is CC(=O)c1cn(CCCN2C3CCC2CC(Oc2ccc(O)cc2)C3)c2c(O)cccc12. The monoisotopic (exact) mass is 434 g/mol. The predicted molar refractivity (Wildman–Crippen MR) is 123 cm³/mol. The van der Waals surface area contributed by atoms with Crippen molar-refractivity contribution in [2.24, 2.45) is 0 Å². The van der Waals surface area contributed by atoms with Crippen LogP contribution >= 0.6 is 0 Å². The molecule has 5 rings (SSSR count). The summed E-state index contributed by atoms with van der Waals surface area (Å²) in [5.41, 5.74) is 1.42. The molecule has 1 aromatic heterocycles. The highest BCUT2D eigenvalue weighted by molar-refractivity contribution is 6.08. The third kappa shape index (κ3) is 3.95. The molecular weight excluding hydrogens is 404 g/mol. The van der Waals surface area contributed by atoms with Gasteiger partial charge in [-0.3, -0.25) is 9.69 Å². The Labute approximate surface area is 188 Å². The largest absolute Gasteiger partial charge is 0.508 e. The van der Waals surface area contributed by atoms with E-state index in [0.717, 1.165) is 49.0 Å². The van der Waals surface area contributed by atoms with E-state index < -0.39 is 0 Å². The van der Waals surface area contributed by atoms with Crippen molar-refractivity contribution in [3.05, 3.63) is 54.2 Å². The lowest BCUT2D eigenvalue weighted by atomic mass is 9.99. The van der Waals surface area contributed by atoms with Gasteiger partial charge in [0.2, 0.25) is 0 Å². The first-order chi connectivity index (χ1) is 15.5. The number of aryl methyl sites for hydroxylation is 1. The summed E-state index contributed by atoms with van der Waals surface area (Å²) in [6, 6.07) is 13.4. The number of hydrogen-bond acceptors (Lipinski definition) is 5. The standard InChI is InChI=1S/C26H30N2O4/c1-17(29)24-16-27(26-23(24)4-2-5-25(26)31)12-3-13-28-18-6-7-19(28)15-22(14-18)32-21-10-8-20(30)9-11-21/h2,4-5,8-11,16,18-19,22,30-31H,3,6-7,12-15H2,1H3. The number of Topliss-reactive ketones (excluding diaryl/α,β-unsaturated/α-hetero) is 1. The highest BCUT2D eigenvalue weighted by atomic mass is 16.5. The quantitative estimate of drug-likeness (QED) is 0.527. The number of carbonyl (C=O) groups is 1. The van der Waals surface area contributed by atoms with E-state index in [0.29, 0.717) is 17.6 Å². The van der Waals surface area contributed by atoms with Crippen LogP contribution < -0.4 is 4.74 Å². The van der Waals surface area contributed by atoms with E-state index >= 15 is 0 Å². The summed E-state index contributed by atoms with van der Waals surface area (Å²) in [7, 11) is 0. The molecule has 3 heterocycles. The molecule has 0 saturated carbocycles. The van der Waals surface area contributed by atoms with E-state index in [4.69, 9.17) is 4.74 Å². The molecule has 2 bridgehead atoms. The van der Waals surface area contributed by atoms with Crippen molar-refractivity contribution in [1.82, 2.24) is 9.47 Å². The fourth-order valence-corrected chi connectivity index (χ4v) is 5.62. The Bertz CT molecular complexity index is 1110. The Kier molecular flexibility index (Phi) is 5.55. The average molecular weight is 435 g/mol. The lowest BCUT2D eigenvalue weighted by Crippen LogP contribution is -2.46. The molecule has 168 valence electrons. The van der Waals surface area contributed by atoms with Crippen molar-refractivity contribution in [1.29, 1.82) is 0 Å². The normalized spacial score (nSPS) is 23.0. The summed E-state index contributed by atoms with van der Waals surface area (Å²) in [6.07, 6.45) is 7.55. The molecule has 0 amide bonds. The zero-order valence-corrected chi connectivity index (χ0v) is 18.4. The molecule has 2 aromatic carbocycles. The van der Waals surface area contributed by atoms with E-state index in [1.54, 1.807) is 31.2 Å². The van der Waals surface area contributed by atoms with Gasteiger partial charge < -0.3 is 19.5 Å². The van der Waals surface area contributed by atoms with Gasteiger partial charge in [0, 0.05) is 42.3 Å². The Hall–Kier alpha value is -2.99. The van der Waals surface area contributed by atoms with E-state index in [9.17, 15) is 15.0 Å². The highest BCUT2D eigenvalue weighted by Gasteiger charge is 2.41. The molecule has 0 spiro atoms. The van der Waals surface area contributed by atoms with Gasteiger partial charge in [-0.25, -0.2) is 0 Å². The molecule has 2 aliphatic heterocycles. The summed E-state index contributed by atoms with van der Waals surface area (Å²) in [5.74, 6) is 1.32. The average Bonchev–Trinajstić information content (AvgIpc) is 3.25. The number of ether oxygens (including phenoxy) is 1. The number of fused-ring (bicyclic) bond motifs is 3. The predicted octanol–water partition coefficient (Wildman–Crippen LogP) is 4.72. The Balaban J connectivity index is 1.22. The van der Waals surface area contributed by atoms with Crippen LogP contribution in [-0.2, 0) is 6.54 Å². The second kappa shape index (κ2) is 8.51. The number of aromatic nitrogens is 1. The van der Waals surface area contributed by atoms with Crippen molar-refractivity contribution in [3.8, 4) is 17.2 Å². The van der Waals surface area contributed by atoms with Crippen molar-refractivity contribution >= 4 is 16.7 Å². The van der Waals surface area contributed by atoms with Crippen LogP contribution in [0.4, 0.5) is 0 Å². The number of aromatic hydroxyl groups is 2. The maximum absolute atomic E-state index is 12.1. The van der Waals surface area contributed by atoms with Gasteiger partial charge in [0.05, 0.1) is 5.52 Å². The first-order valence-electron chi connectivity index (χ1n) is 11.5. The fourth-order valence-electron chi connectivity index (χ4n) is 5.62. The maximum Gasteiger partial charge on any atom is 0.161 e. The molecule has 2 aliphatic rings. The smallest absolute Gasteiger partial charge is 0.161 e. The van der Waals surface area contributed by atoms with E-state index in [1.165, 1.54) is 12.8 Å². The molecule has 2 unspecified atom stereocenters. The van der Waals surface area contributed by atoms with Gasteiger partial charge >= 0.3 is 0 Å².